The summed E-state index contributed by atoms with van der Waals surface area (Å²) < 4.78 is 2.01. The summed E-state index contributed by atoms with van der Waals surface area (Å²) in [4.78, 5) is 23.8. The quantitative estimate of drug-likeness (QED) is 0.666. The number of carbonyl (C=O) groups is 2. The molecule has 2 aromatic rings. The molecule has 0 saturated heterocycles. The highest BCUT2D eigenvalue weighted by molar-refractivity contribution is 14.1. The minimum atomic E-state index is -0.276. The maximum atomic E-state index is 11.9. The third-order valence-corrected chi connectivity index (χ3v) is 4.18. The molecule has 2 aromatic carbocycles. The number of nitrogens with one attached hydrogen (secondary N) is 2. The summed E-state index contributed by atoms with van der Waals surface area (Å²) in [5.41, 5.74) is 2.25. The van der Waals surface area contributed by atoms with Crippen LogP contribution in [0.2, 0.25) is 0 Å². The van der Waals surface area contributed by atoms with E-state index >= 15 is 0 Å². The Bertz CT molecular complexity index is 702. The van der Waals surface area contributed by atoms with Crippen molar-refractivity contribution in [1.82, 2.24) is 5.32 Å². The summed E-state index contributed by atoms with van der Waals surface area (Å²) in [5.74, 6) is -0.531. The van der Waals surface area contributed by atoms with Gasteiger partial charge in [0.2, 0.25) is 5.91 Å². The number of carbonyl (C=O) groups excluding carboxylic acids is 2. The molecule has 0 heterocycles. The van der Waals surface area contributed by atoms with Crippen LogP contribution in [0.15, 0.2) is 46.9 Å². The van der Waals surface area contributed by atoms with Crippen LogP contribution in [-0.4, -0.2) is 18.4 Å². The molecular formula is C16H14BrIN2O2. The van der Waals surface area contributed by atoms with Crippen molar-refractivity contribution in [2.75, 3.05) is 11.9 Å². The van der Waals surface area contributed by atoms with Gasteiger partial charge in [0, 0.05) is 19.3 Å². The van der Waals surface area contributed by atoms with Gasteiger partial charge in [-0.2, -0.15) is 0 Å². The Labute approximate surface area is 151 Å². The molecule has 0 radical (unpaired) electrons. The Balaban J connectivity index is 1.89. The minimum absolute atomic E-state index is 0.0691. The standard InChI is InChI=1S/C16H14BrIN2O2/c1-10-8-13(18)6-7-14(10)20-15(21)9-19-16(22)11-2-4-12(17)5-3-11/h2-8H,9H2,1H3,(H,19,22)(H,20,21). The molecule has 0 atom stereocenters. The van der Waals surface area contributed by atoms with Crippen LogP contribution < -0.4 is 10.6 Å². The smallest absolute Gasteiger partial charge is 0.251 e. The van der Waals surface area contributed by atoms with Crippen LogP contribution in [0.4, 0.5) is 5.69 Å². The first kappa shape index (κ1) is 17.0. The SMILES string of the molecule is Cc1cc(I)ccc1NC(=O)CNC(=O)c1ccc(Br)cc1. The summed E-state index contributed by atoms with van der Waals surface area (Å²) >= 11 is 5.53. The van der Waals surface area contributed by atoms with Gasteiger partial charge < -0.3 is 10.6 Å². The highest BCUT2D eigenvalue weighted by Gasteiger charge is 2.09. The monoisotopic (exact) mass is 472 g/mol. The van der Waals surface area contributed by atoms with Crippen LogP contribution in [0, 0.1) is 10.5 Å². The third-order valence-electron chi connectivity index (χ3n) is 2.98. The molecule has 6 heteroatoms. The lowest BCUT2D eigenvalue weighted by molar-refractivity contribution is -0.115. The van der Waals surface area contributed by atoms with Crippen LogP contribution in [0.1, 0.15) is 15.9 Å². The average molecular weight is 473 g/mol. The van der Waals surface area contributed by atoms with E-state index in [0.29, 0.717) is 5.56 Å². The second-order valence-electron chi connectivity index (χ2n) is 4.70. The first-order valence-corrected chi connectivity index (χ1v) is 8.42. The van der Waals surface area contributed by atoms with Crippen molar-refractivity contribution < 1.29 is 9.59 Å². The summed E-state index contributed by atoms with van der Waals surface area (Å²) in [7, 11) is 0. The van der Waals surface area contributed by atoms with Gasteiger partial charge in [0.25, 0.3) is 5.91 Å². The molecule has 0 aromatic heterocycles. The van der Waals surface area contributed by atoms with E-state index in [2.05, 4.69) is 49.2 Å². The average Bonchev–Trinajstić information content (AvgIpc) is 2.48. The van der Waals surface area contributed by atoms with Gasteiger partial charge in [-0.05, 0) is 77.5 Å². The number of anilines is 1. The summed E-state index contributed by atoms with van der Waals surface area (Å²) in [6, 6.07) is 12.7. The van der Waals surface area contributed by atoms with Gasteiger partial charge in [-0.15, -0.1) is 0 Å². The zero-order valence-electron chi connectivity index (χ0n) is 11.8. The summed E-state index contributed by atoms with van der Waals surface area (Å²) in [5, 5.41) is 5.39. The van der Waals surface area contributed by atoms with Crippen molar-refractivity contribution in [2.24, 2.45) is 0 Å². The molecule has 0 bridgehead atoms. The van der Waals surface area contributed by atoms with Crippen LogP contribution in [0.3, 0.4) is 0 Å². The van der Waals surface area contributed by atoms with Crippen molar-refractivity contribution in [3.05, 3.63) is 61.6 Å². The second kappa shape index (κ2) is 7.73. The molecule has 2 amide bonds. The molecule has 0 saturated carbocycles. The van der Waals surface area contributed by atoms with Crippen molar-refractivity contribution in [3.63, 3.8) is 0 Å². The number of hydrogen-bond acceptors (Lipinski definition) is 2. The number of aryl methyl sites for hydroxylation is 1. The molecular weight excluding hydrogens is 459 g/mol. The first-order valence-electron chi connectivity index (χ1n) is 6.55. The highest BCUT2D eigenvalue weighted by Crippen LogP contribution is 2.17. The molecule has 114 valence electrons. The van der Waals surface area contributed by atoms with Crippen molar-refractivity contribution in [1.29, 1.82) is 0 Å². The Kier molecular flexibility index (Phi) is 5.96. The van der Waals surface area contributed by atoms with E-state index in [1.165, 1.54) is 0 Å². The van der Waals surface area contributed by atoms with Crippen molar-refractivity contribution in [3.8, 4) is 0 Å². The maximum Gasteiger partial charge on any atom is 0.251 e. The molecule has 4 nitrogen and oxygen atoms in total. The number of hydrogen-bond donors (Lipinski definition) is 2. The molecule has 0 aliphatic carbocycles. The topological polar surface area (TPSA) is 58.2 Å². The lowest BCUT2D eigenvalue weighted by Gasteiger charge is -2.09. The number of benzene rings is 2. The lowest BCUT2D eigenvalue weighted by Crippen LogP contribution is -2.32. The predicted molar refractivity (Wildman–Crippen MR) is 99.0 cm³/mol. The zero-order chi connectivity index (χ0) is 16.1. The third kappa shape index (κ3) is 4.81. The number of halogens is 2. The molecule has 0 spiro atoms. The van der Waals surface area contributed by atoms with Gasteiger partial charge in [0.05, 0.1) is 6.54 Å². The molecule has 0 fully saturated rings. The zero-order valence-corrected chi connectivity index (χ0v) is 15.6. The molecule has 22 heavy (non-hydrogen) atoms. The summed E-state index contributed by atoms with van der Waals surface area (Å²) in [6.45, 7) is 1.86. The minimum Gasteiger partial charge on any atom is -0.343 e. The van der Waals surface area contributed by atoms with Crippen LogP contribution in [0.25, 0.3) is 0 Å². The van der Waals surface area contributed by atoms with E-state index in [9.17, 15) is 9.59 Å². The fraction of sp³-hybridized carbons (Fsp3) is 0.125. The van der Waals surface area contributed by atoms with Gasteiger partial charge >= 0.3 is 0 Å². The van der Waals surface area contributed by atoms with Crippen LogP contribution in [0.5, 0.6) is 0 Å². The molecule has 2 N–H and O–H groups in total. The lowest BCUT2D eigenvalue weighted by atomic mass is 10.2. The first-order chi connectivity index (χ1) is 10.5. The second-order valence-corrected chi connectivity index (χ2v) is 6.86. The normalized spacial score (nSPS) is 10.1. The highest BCUT2D eigenvalue weighted by atomic mass is 127. The van der Waals surface area contributed by atoms with E-state index in [-0.39, 0.29) is 18.4 Å². The Morgan fingerprint density at radius 1 is 1.14 bits per heavy atom. The Hall–Kier alpha value is -1.41. The van der Waals surface area contributed by atoms with Gasteiger partial charge in [-0.3, -0.25) is 9.59 Å². The Morgan fingerprint density at radius 3 is 2.45 bits per heavy atom. The largest absolute Gasteiger partial charge is 0.343 e. The van der Waals surface area contributed by atoms with Gasteiger partial charge in [-0.25, -0.2) is 0 Å². The summed E-state index contributed by atoms with van der Waals surface area (Å²) in [6.07, 6.45) is 0. The Morgan fingerprint density at radius 2 is 1.82 bits per heavy atom. The van der Waals surface area contributed by atoms with E-state index in [1.807, 2.05) is 25.1 Å². The molecule has 0 aliphatic rings. The number of amides is 2. The number of rotatable bonds is 4. The fourth-order valence-corrected chi connectivity index (χ4v) is 2.74. The molecule has 2 rings (SSSR count). The van der Waals surface area contributed by atoms with Crippen molar-refractivity contribution >= 4 is 56.0 Å². The van der Waals surface area contributed by atoms with E-state index in [4.69, 9.17) is 0 Å². The predicted octanol–water partition coefficient (Wildman–Crippen LogP) is 3.73. The molecule has 0 unspecified atom stereocenters. The van der Waals surface area contributed by atoms with Crippen LogP contribution in [-0.2, 0) is 4.79 Å². The van der Waals surface area contributed by atoms with Gasteiger partial charge in [0.1, 0.15) is 0 Å². The van der Waals surface area contributed by atoms with Gasteiger partial charge in [-0.1, -0.05) is 15.9 Å². The van der Waals surface area contributed by atoms with E-state index in [1.54, 1.807) is 24.3 Å². The molecule has 0 aliphatic heterocycles. The van der Waals surface area contributed by atoms with Crippen molar-refractivity contribution in [2.45, 2.75) is 6.92 Å². The van der Waals surface area contributed by atoms with Crippen LogP contribution >= 0.6 is 38.5 Å². The fourth-order valence-electron chi connectivity index (χ4n) is 1.83. The van der Waals surface area contributed by atoms with E-state index in [0.717, 1.165) is 19.3 Å². The van der Waals surface area contributed by atoms with Gasteiger partial charge in [0.15, 0.2) is 0 Å². The maximum absolute atomic E-state index is 11.9. The van der Waals surface area contributed by atoms with E-state index < -0.39 is 0 Å².